The lowest BCUT2D eigenvalue weighted by molar-refractivity contribution is -0.155. The van der Waals surface area contributed by atoms with Gasteiger partial charge in [0.1, 0.15) is 24.4 Å². The first-order chi connectivity index (χ1) is 7.31. The molecular formula is C8H15NO7. The summed E-state index contributed by atoms with van der Waals surface area (Å²) in [5.74, 6) is -1.31. The highest BCUT2D eigenvalue weighted by Crippen LogP contribution is 2.31. The molecule has 1 aliphatic heterocycles. The number of nitrogens with two attached hydrogens (primary N) is 1. The van der Waals surface area contributed by atoms with Crippen LogP contribution in [0.1, 0.15) is 6.42 Å². The molecule has 16 heavy (non-hydrogen) atoms. The van der Waals surface area contributed by atoms with Crippen molar-refractivity contribution in [2.24, 2.45) is 5.73 Å². The topological polar surface area (TPSA) is 153 Å². The molecule has 94 valence electrons. The second kappa shape index (κ2) is 4.62. The van der Waals surface area contributed by atoms with Crippen LogP contribution in [0.5, 0.6) is 0 Å². The van der Waals surface area contributed by atoms with Gasteiger partial charge in [0.05, 0.1) is 13.0 Å². The lowest BCUT2D eigenvalue weighted by Gasteiger charge is -2.25. The maximum atomic E-state index is 10.5. The van der Waals surface area contributed by atoms with E-state index in [-0.39, 0.29) is 0 Å². The molecule has 8 nitrogen and oxygen atoms in total. The van der Waals surface area contributed by atoms with Crippen molar-refractivity contribution in [3.05, 3.63) is 0 Å². The molecule has 7 N–H and O–H groups in total. The molecule has 0 amide bonds. The molecule has 0 aromatic heterocycles. The van der Waals surface area contributed by atoms with Gasteiger partial charge < -0.3 is 36.0 Å². The van der Waals surface area contributed by atoms with Crippen LogP contribution in [0.4, 0.5) is 0 Å². The molecule has 1 aliphatic rings. The summed E-state index contributed by atoms with van der Waals surface area (Å²) in [5, 5.41) is 45.5. The third kappa shape index (κ3) is 2.32. The van der Waals surface area contributed by atoms with Gasteiger partial charge in [0, 0.05) is 0 Å². The lowest BCUT2D eigenvalue weighted by Crippen LogP contribution is -2.52. The minimum Gasteiger partial charge on any atom is -0.481 e. The first-order valence-electron chi connectivity index (χ1n) is 4.65. The Hall–Kier alpha value is -0.770. The number of carboxylic acid groups (broad SMARTS) is 1. The van der Waals surface area contributed by atoms with E-state index in [4.69, 9.17) is 20.7 Å². The van der Waals surface area contributed by atoms with Gasteiger partial charge in [0.15, 0.2) is 5.72 Å². The molecule has 0 spiro atoms. The second-order valence-electron chi connectivity index (χ2n) is 3.79. The number of carboxylic acids is 1. The molecule has 8 heteroatoms. The predicted octanol–water partition coefficient (Wildman–Crippen LogP) is -3.41. The number of aliphatic carboxylic acids is 1. The van der Waals surface area contributed by atoms with Crippen LogP contribution < -0.4 is 5.73 Å². The van der Waals surface area contributed by atoms with Crippen molar-refractivity contribution in [1.29, 1.82) is 0 Å². The standard InChI is InChI=1S/C8H15NO7/c9-8(1-4(12)13)7(15)5(14)6(16-8)3(11)2-10/h3,5-7,10-11,14-15H,1-2,9H2,(H,12,13)/t3?,5?,6-,7?,8-/m1/s1. The molecular weight excluding hydrogens is 222 g/mol. The van der Waals surface area contributed by atoms with Crippen LogP contribution in [-0.4, -0.2) is 68.2 Å². The Labute approximate surface area is 90.9 Å². The molecule has 0 saturated carbocycles. The SMILES string of the molecule is N[C@]1(CC(=O)O)O[C@H](C(O)CO)C(O)C1O. The Morgan fingerprint density at radius 3 is 2.50 bits per heavy atom. The van der Waals surface area contributed by atoms with Gasteiger partial charge in [-0.15, -0.1) is 0 Å². The Kier molecular flexibility index (Phi) is 3.84. The van der Waals surface area contributed by atoms with Crippen molar-refractivity contribution in [2.75, 3.05) is 6.61 Å². The van der Waals surface area contributed by atoms with Crippen molar-refractivity contribution >= 4 is 5.97 Å². The van der Waals surface area contributed by atoms with Crippen molar-refractivity contribution in [3.8, 4) is 0 Å². The fourth-order valence-corrected chi connectivity index (χ4v) is 1.65. The number of ether oxygens (including phenoxy) is 1. The van der Waals surface area contributed by atoms with Crippen molar-refractivity contribution in [1.82, 2.24) is 0 Å². The predicted molar refractivity (Wildman–Crippen MR) is 49.2 cm³/mol. The average molecular weight is 237 g/mol. The van der Waals surface area contributed by atoms with Gasteiger partial charge in [-0.25, -0.2) is 0 Å². The molecule has 1 heterocycles. The van der Waals surface area contributed by atoms with E-state index in [0.29, 0.717) is 0 Å². The van der Waals surface area contributed by atoms with Gasteiger partial charge in [0.25, 0.3) is 0 Å². The molecule has 0 aromatic rings. The highest BCUT2D eigenvalue weighted by atomic mass is 16.6. The molecule has 0 aromatic carbocycles. The van der Waals surface area contributed by atoms with Gasteiger partial charge >= 0.3 is 5.97 Å². The van der Waals surface area contributed by atoms with Crippen molar-refractivity contribution < 1.29 is 35.1 Å². The van der Waals surface area contributed by atoms with E-state index in [1.54, 1.807) is 0 Å². The molecule has 0 aliphatic carbocycles. The number of aliphatic hydroxyl groups is 4. The first-order valence-corrected chi connectivity index (χ1v) is 4.65. The fraction of sp³-hybridized carbons (Fsp3) is 0.875. The second-order valence-corrected chi connectivity index (χ2v) is 3.79. The monoisotopic (exact) mass is 237 g/mol. The van der Waals surface area contributed by atoms with Gasteiger partial charge in [0.2, 0.25) is 0 Å². The summed E-state index contributed by atoms with van der Waals surface area (Å²) in [6, 6.07) is 0. The van der Waals surface area contributed by atoms with Crippen molar-refractivity contribution in [3.63, 3.8) is 0 Å². The summed E-state index contributed by atoms with van der Waals surface area (Å²) in [6.45, 7) is -0.697. The zero-order valence-corrected chi connectivity index (χ0v) is 8.35. The van der Waals surface area contributed by atoms with E-state index >= 15 is 0 Å². The molecule has 1 fully saturated rings. The van der Waals surface area contributed by atoms with Crippen molar-refractivity contribution in [2.45, 2.75) is 36.6 Å². The zero-order chi connectivity index (χ0) is 12.5. The lowest BCUT2D eigenvalue weighted by atomic mass is 9.99. The minimum absolute atomic E-state index is 0.697. The van der Waals surface area contributed by atoms with Crippen LogP contribution in [0.2, 0.25) is 0 Å². The third-order valence-electron chi connectivity index (χ3n) is 2.51. The summed E-state index contributed by atoms with van der Waals surface area (Å²) < 4.78 is 4.92. The highest BCUT2D eigenvalue weighted by molar-refractivity contribution is 5.68. The minimum atomic E-state index is -1.97. The molecule has 1 saturated heterocycles. The number of aliphatic hydroxyl groups excluding tert-OH is 4. The van der Waals surface area contributed by atoms with Crippen LogP contribution in [0.3, 0.4) is 0 Å². The van der Waals surface area contributed by atoms with Gasteiger partial charge in [-0.1, -0.05) is 0 Å². The van der Waals surface area contributed by atoms with Crippen LogP contribution in [-0.2, 0) is 9.53 Å². The fourth-order valence-electron chi connectivity index (χ4n) is 1.65. The van der Waals surface area contributed by atoms with E-state index in [0.717, 1.165) is 0 Å². The number of hydrogen-bond acceptors (Lipinski definition) is 7. The highest BCUT2D eigenvalue weighted by Gasteiger charge is 2.54. The zero-order valence-electron chi connectivity index (χ0n) is 8.35. The number of rotatable bonds is 4. The summed E-state index contributed by atoms with van der Waals surface area (Å²) in [4.78, 5) is 10.5. The van der Waals surface area contributed by atoms with Gasteiger partial charge in [-0.05, 0) is 0 Å². The van der Waals surface area contributed by atoms with E-state index in [1.165, 1.54) is 0 Å². The average Bonchev–Trinajstić information content (AvgIpc) is 2.41. The quantitative estimate of drug-likeness (QED) is 0.295. The maximum Gasteiger partial charge on any atom is 0.307 e. The maximum absolute atomic E-state index is 10.5. The Bertz CT molecular complexity index is 273. The van der Waals surface area contributed by atoms with Crippen LogP contribution in [0, 0.1) is 0 Å². The van der Waals surface area contributed by atoms with Gasteiger partial charge in [-0.3, -0.25) is 4.79 Å². The molecule has 0 bridgehead atoms. The molecule has 1 rings (SSSR count). The van der Waals surface area contributed by atoms with E-state index < -0.39 is 49.1 Å². The summed E-state index contributed by atoms with van der Waals surface area (Å²) >= 11 is 0. The smallest absolute Gasteiger partial charge is 0.307 e. The van der Waals surface area contributed by atoms with Crippen LogP contribution in [0.25, 0.3) is 0 Å². The largest absolute Gasteiger partial charge is 0.481 e. The van der Waals surface area contributed by atoms with E-state index in [1.807, 2.05) is 0 Å². The Balaban J connectivity index is 2.81. The summed E-state index contributed by atoms with van der Waals surface area (Å²) in [6.07, 6.45) is -6.67. The summed E-state index contributed by atoms with van der Waals surface area (Å²) in [5.41, 5.74) is 3.50. The molecule has 0 radical (unpaired) electrons. The third-order valence-corrected chi connectivity index (χ3v) is 2.51. The van der Waals surface area contributed by atoms with Gasteiger partial charge in [-0.2, -0.15) is 0 Å². The number of hydrogen-bond donors (Lipinski definition) is 6. The van der Waals surface area contributed by atoms with E-state index in [2.05, 4.69) is 0 Å². The normalized spacial score (nSPS) is 40.9. The Morgan fingerprint density at radius 1 is 1.50 bits per heavy atom. The molecule has 5 atom stereocenters. The van der Waals surface area contributed by atoms with Crippen LogP contribution in [0.15, 0.2) is 0 Å². The Morgan fingerprint density at radius 2 is 2.06 bits per heavy atom. The first kappa shape index (κ1) is 13.3. The van der Waals surface area contributed by atoms with Crippen LogP contribution >= 0.6 is 0 Å². The summed E-state index contributed by atoms with van der Waals surface area (Å²) in [7, 11) is 0. The number of carbonyl (C=O) groups is 1. The molecule has 3 unspecified atom stereocenters. The van der Waals surface area contributed by atoms with E-state index in [9.17, 15) is 20.1 Å².